The molecule has 4 heteroatoms. The Kier molecular flexibility index (Phi) is 25.3. The van der Waals surface area contributed by atoms with Gasteiger partial charge in [0.05, 0.1) is 0 Å². The van der Waals surface area contributed by atoms with E-state index in [-0.39, 0.29) is 38.1 Å². The summed E-state index contributed by atoms with van der Waals surface area (Å²) < 4.78 is 0. The molecule has 0 nitrogen and oxygen atoms in total. The molecule has 2 saturated carbocycles. The zero-order valence-corrected chi connectivity index (χ0v) is 38.4. The van der Waals surface area contributed by atoms with E-state index in [2.05, 4.69) is 194 Å². The van der Waals surface area contributed by atoms with E-state index in [0.717, 1.165) is 0 Å². The zero-order valence-electron chi connectivity index (χ0n) is 33.2. The van der Waals surface area contributed by atoms with Crippen molar-refractivity contribution in [2.75, 3.05) is 0 Å². The number of hydrogen-bond donors (Lipinski definition) is 0. The third-order valence-corrected chi connectivity index (χ3v) is 14.4. The van der Waals surface area contributed by atoms with Gasteiger partial charge < -0.3 is 12.3 Å². The molecule has 0 spiro atoms. The maximum Gasteiger partial charge on any atom is 2.00 e. The van der Waals surface area contributed by atoms with Crippen LogP contribution in [0.2, 0.25) is 0 Å². The largest absolute Gasteiger partial charge is 2.00 e. The summed E-state index contributed by atoms with van der Waals surface area (Å²) in [6, 6.07) is 77.2. The zero-order chi connectivity index (χ0) is 38.7. The van der Waals surface area contributed by atoms with Crippen molar-refractivity contribution in [2.45, 2.75) is 57.8 Å². The van der Waals surface area contributed by atoms with Crippen molar-refractivity contribution in [1.82, 2.24) is 0 Å². The Bertz CT molecular complexity index is 1680. The smallest absolute Gasteiger partial charge is 0.693 e. The molecular formula is C54H54FeP2Pt+2. The average molecular weight is 1020 g/mol. The summed E-state index contributed by atoms with van der Waals surface area (Å²) >= 11 is 0. The third kappa shape index (κ3) is 17.6. The van der Waals surface area contributed by atoms with Gasteiger partial charge in [0.15, 0.2) is 0 Å². The van der Waals surface area contributed by atoms with Gasteiger partial charge in [-0.15, -0.1) is 0 Å². The van der Waals surface area contributed by atoms with Crippen LogP contribution in [0, 0.1) is 24.3 Å². The van der Waals surface area contributed by atoms with Crippen LogP contribution in [0.3, 0.4) is 0 Å². The molecular weight excluding hydrogens is 961 g/mol. The van der Waals surface area contributed by atoms with Gasteiger partial charge in [0.2, 0.25) is 0 Å². The summed E-state index contributed by atoms with van der Waals surface area (Å²) in [5.74, 6) is 3.03. The van der Waals surface area contributed by atoms with Gasteiger partial charge in [-0.2, -0.15) is 36.4 Å². The molecule has 7 aromatic carbocycles. The molecule has 0 heterocycles. The number of rotatable bonds is 6. The van der Waals surface area contributed by atoms with Crippen LogP contribution in [-0.4, -0.2) is 0 Å². The normalized spacial score (nSPS) is 12.5. The molecule has 0 saturated heterocycles. The summed E-state index contributed by atoms with van der Waals surface area (Å²) in [5, 5.41) is 8.39. The van der Waals surface area contributed by atoms with E-state index in [1.54, 1.807) is 0 Å². The Morgan fingerprint density at radius 2 is 0.586 bits per heavy atom. The fourth-order valence-electron chi connectivity index (χ4n) is 6.65. The number of benzene rings is 7. The Labute approximate surface area is 377 Å². The Hall–Kier alpha value is -3.83. The fraction of sp³-hybridized carbons (Fsp3) is 0.185. The van der Waals surface area contributed by atoms with Crippen LogP contribution in [0.15, 0.2) is 212 Å². The number of hydrogen-bond acceptors (Lipinski definition) is 0. The summed E-state index contributed by atoms with van der Waals surface area (Å²) in [4.78, 5) is 0. The molecule has 2 aliphatic rings. The van der Waals surface area contributed by atoms with Gasteiger partial charge in [-0.1, -0.05) is 227 Å². The molecule has 0 aromatic heterocycles. The molecule has 0 N–H and O–H groups in total. The van der Waals surface area contributed by atoms with Crippen LogP contribution in [-0.2, 0) is 38.1 Å². The molecule has 2 fully saturated rings. The Balaban J connectivity index is 0.000000214. The van der Waals surface area contributed by atoms with Crippen molar-refractivity contribution < 1.29 is 38.1 Å². The van der Waals surface area contributed by atoms with E-state index >= 15 is 0 Å². The molecule has 0 radical (unpaired) electrons. The topological polar surface area (TPSA) is 0 Å². The van der Waals surface area contributed by atoms with Crippen molar-refractivity contribution in [3.63, 3.8) is 0 Å². The first-order chi connectivity index (χ1) is 27.8. The minimum atomic E-state index is -0.446. The summed E-state index contributed by atoms with van der Waals surface area (Å²) in [6.07, 6.45) is 19.3. The van der Waals surface area contributed by atoms with Gasteiger partial charge in [-0.05, 0) is 66.4 Å². The average Bonchev–Trinajstić information content (AvgIpc) is 4.07. The maximum absolute atomic E-state index is 6.75. The molecule has 0 bridgehead atoms. The first kappa shape index (κ1) is 48.5. The van der Waals surface area contributed by atoms with Crippen LogP contribution < -0.4 is 31.8 Å². The van der Waals surface area contributed by atoms with Crippen molar-refractivity contribution in [1.29, 1.82) is 0 Å². The molecule has 0 unspecified atom stereocenters. The molecule has 0 atom stereocenters. The molecule has 0 aliphatic heterocycles. The second-order valence-corrected chi connectivity index (χ2v) is 18.1. The van der Waals surface area contributed by atoms with E-state index in [0.29, 0.717) is 5.92 Å². The third-order valence-electron chi connectivity index (χ3n) is 9.50. The second kappa shape index (κ2) is 30.2. The molecule has 2 aliphatic carbocycles. The van der Waals surface area contributed by atoms with E-state index in [1.807, 2.05) is 30.3 Å². The molecule has 7 aromatic rings. The second-order valence-electron chi connectivity index (χ2n) is 13.7. The molecule has 296 valence electrons. The van der Waals surface area contributed by atoms with Crippen LogP contribution in [0.4, 0.5) is 0 Å². The maximum atomic E-state index is 6.75. The SMILES string of the molecule is C1CCCC1.[C-]#CC1CCCC1.[Fe+2].[Pt+2].[c-]1ccccc1.c1ccc(P(c2ccccc2)c2ccccc2)cc1.c1ccc(P(c2ccccc2)c2ccccc2)cc1. The van der Waals surface area contributed by atoms with Crippen LogP contribution in [0.1, 0.15) is 57.8 Å². The quantitative estimate of drug-likeness (QED) is 0.0674. The predicted molar refractivity (Wildman–Crippen MR) is 248 cm³/mol. The van der Waals surface area contributed by atoms with E-state index in [1.165, 1.54) is 89.6 Å². The van der Waals surface area contributed by atoms with Gasteiger partial charge >= 0.3 is 38.1 Å². The van der Waals surface area contributed by atoms with E-state index in [4.69, 9.17) is 6.42 Å². The summed E-state index contributed by atoms with van der Waals surface area (Å²) in [5.41, 5.74) is 0. The van der Waals surface area contributed by atoms with Crippen molar-refractivity contribution in [3.05, 3.63) is 225 Å². The minimum Gasteiger partial charge on any atom is -0.693 e. The van der Waals surface area contributed by atoms with Gasteiger partial charge in [0.25, 0.3) is 0 Å². The Morgan fingerprint density at radius 3 is 0.741 bits per heavy atom. The van der Waals surface area contributed by atoms with Crippen LogP contribution >= 0.6 is 15.8 Å². The van der Waals surface area contributed by atoms with Gasteiger partial charge in [0.1, 0.15) is 0 Å². The van der Waals surface area contributed by atoms with Crippen molar-refractivity contribution >= 4 is 47.7 Å². The Morgan fingerprint density at radius 1 is 0.362 bits per heavy atom. The first-order valence-corrected chi connectivity index (χ1v) is 22.8. The monoisotopic (exact) mass is 1020 g/mol. The fourth-order valence-corrected chi connectivity index (χ4v) is 11.3. The van der Waals surface area contributed by atoms with Gasteiger partial charge in [-0.25, -0.2) is 0 Å². The van der Waals surface area contributed by atoms with Crippen LogP contribution in [0.5, 0.6) is 0 Å². The van der Waals surface area contributed by atoms with Gasteiger partial charge in [0, 0.05) is 0 Å². The minimum absolute atomic E-state index is 0. The van der Waals surface area contributed by atoms with Crippen LogP contribution in [0.25, 0.3) is 0 Å². The summed E-state index contributed by atoms with van der Waals surface area (Å²) in [7, 11) is -0.892. The van der Waals surface area contributed by atoms with Gasteiger partial charge in [-0.3, -0.25) is 0 Å². The van der Waals surface area contributed by atoms with E-state index in [9.17, 15) is 0 Å². The first-order valence-electron chi connectivity index (χ1n) is 20.1. The van der Waals surface area contributed by atoms with Crippen molar-refractivity contribution in [3.8, 4) is 5.92 Å². The molecule has 0 amide bonds. The van der Waals surface area contributed by atoms with E-state index < -0.39 is 15.8 Å². The summed E-state index contributed by atoms with van der Waals surface area (Å²) in [6.45, 7) is 0. The standard InChI is InChI=1S/2C18H15P.C7H9.C6H5.C5H10.Fe.Pt/c2*1-4-10-16(11-5-1)19(17-12-6-2-7-13-17)18-14-8-3-9-15-18;1-2-7-5-3-4-6-7;1-2-4-6-5-3-1;1-2-4-5-3-1;;/h2*1-15H;7H,3-6H2;1-5H;1-5H2;;/q;;2*-1;;2*+2. The molecule has 58 heavy (non-hydrogen) atoms. The predicted octanol–water partition coefficient (Wildman–Crippen LogP) is 12.1. The molecule has 9 rings (SSSR count). The van der Waals surface area contributed by atoms with Crippen molar-refractivity contribution in [2.24, 2.45) is 5.92 Å².